The first kappa shape index (κ1) is 28.4. The summed E-state index contributed by atoms with van der Waals surface area (Å²) in [5.41, 5.74) is -0.693. The van der Waals surface area contributed by atoms with Crippen molar-refractivity contribution in [3.63, 3.8) is 0 Å². The van der Waals surface area contributed by atoms with Crippen molar-refractivity contribution in [1.29, 1.82) is 0 Å². The molecule has 0 radical (unpaired) electrons. The van der Waals surface area contributed by atoms with Crippen molar-refractivity contribution in [2.24, 2.45) is 0 Å². The molecule has 12 heteroatoms. The Morgan fingerprint density at radius 1 is 1.08 bits per heavy atom. The van der Waals surface area contributed by atoms with Crippen LogP contribution in [0.3, 0.4) is 0 Å². The SMILES string of the molecule is CC.COCc1c(-c2onc(-c3c(F)cccc3Cl)c2-c2ncccn2)cnn1C(O)(O)CC(C)(C)O. The standard InChI is InChI=1S/C23H23ClFN5O5.C2H6/c1-22(2,31)12-23(32,33)30-16(11-34-3)13(10-28-30)20-18(21-26-8-5-9-27-21)19(29-35-20)17-14(24)6-4-7-15(17)25;1-2/h4-10,31-33H,11-12H2,1-3H3;1-2H3. The molecule has 0 amide bonds. The quantitative estimate of drug-likeness (QED) is 0.281. The van der Waals surface area contributed by atoms with E-state index in [0.717, 1.165) is 4.68 Å². The highest BCUT2D eigenvalue weighted by atomic mass is 35.5. The van der Waals surface area contributed by atoms with E-state index >= 15 is 0 Å². The third-order valence-electron chi connectivity index (χ3n) is 5.08. The molecule has 0 atom stereocenters. The Bertz CT molecular complexity index is 1310. The number of methoxy groups -OCH3 is 1. The summed E-state index contributed by atoms with van der Waals surface area (Å²) in [6, 6.07) is 5.83. The van der Waals surface area contributed by atoms with Gasteiger partial charge in [-0.3, -0.25) is 0 Å². The van der Waals surface area contributed by atoms with E-state index in [2.05, 4.69) is 20.2 Å². The van der Waals surface area contributed by atoms with Crippen LogP contribution in [-0.4, -0.2) is 52.9 Å². The monoisotopic (exact) mass is 533 g/mol. The average Bonchev–Trinajstić information content (AvgIpc) is 3.44. The van der Waals surface area contributed by atoms with E-state index in [4.69, 9.17) is 20.9 Å². The van der Waals surface area contributed by atoms with Gasteiger partial charge < -0.3 is 24.6 Å². The zero-order valence-electron chi connectivity index (χ0n) is 21.1. The minimum atomic E-state index is -2.56. The van der Waals surface area contributed by atoms with Crippen molar-refractivity contribution in [3.05, 3.63) is 59.4 Å². The third-order valence-corrected chi connectivity index (χ3v) is 5.40. The van der Waals surface area contributed by atoms with Crippen LogP contribution >= 0.6 is 11.6 Å². The van der Waals surface area contributed by atoms with Crippen LogP contribution in [0.15, 0.2) is 47.4 Å². The molecule has 4 aromatic rings. The number of nitrogens with zero attached hydrogens (tertiary/aromatic N) is 5. The maximum atomic E-state index is 14.8. The summed E-state index contributed by atoms with van der Waals surface area (Å²) in [7, 11) is 1.42. The second-order valence-electron chi connectivity index (χ2n) is 8.52. The molecule has 4 rings (SSSR count). The van der Waals surface area contributed by atoms with Gasteiger partial charge in [-0.05, 0) is 32.0 Å². The Morgan fingerprint density at radius 2 is 1.76 bits per heavy atom. The highest BCUT2D eigenvalue weighted by molar-refractivity contribution is 6.33. The minimum Gasteiger partial charge on any atom is -0.390 e. The van der Waals surface area contributed by atoms with Crippen LogP contribution in [0.1, 0.15) is 39.8 Å². The summed E-state index contributed by atoms with van der Waals surface area (Å²) in [5.74, 6) is -2.93. The molecular formula is C25H29ClFN5O5. The smallest absolute Gasteiger partial charge is 0.268 e. The van der Waals surface area contributed by atoms with E-state index < -0.39 is 23.8 Å². The fourth-order valence-corrected chi connectivity index (χ4v) is 4.06. The number of aliphatic hydroxyl groups is 3. The van der Waals surface area contributed by atoms with Crippen molar-refractivity contribution >= 4 is 11.6 Å². The molecule has 0 aliphatic rings. The molecule has 10 nitrogen and oxygen atoms in total. The fourth-order valence-electron chi connectivity index (χ4n) is 3.81. The van der Waals surface area contributed by atoms with Crippen LogP contribution in [0.2, 0.25) is 5.02 Å². The first-order chi connectivity index (χ1) is 17.5. The zero-order valence-corrected chi connectivity index (χ0v) is 21.9. The lowest BCUT2D eigenvalue weighted by molar-refractivity contribution is -0.263. The average molecular weight is 534 g/mol. The molecule has 0 aliphatic heterocycles. The predicted molar refractivity (Wildman–Crippen MR) is 135 cm³/mol. The lowest BCUT2D eigenvalue weighted by Crippen LogP contribution is -2.42. The van der Waals surface area contributed by atoms with Crippen LogP contribution in [0, 0.1) is 5.82 Å². The number of halogens is 2. The fraction of sp³-hybridized carbons (Fsp3) is 0.360. The predicted octanol–water partition coefficient (Wildman–Crippen LogP) is 4.38. The first-order valence-corrected chi connectivity index (χ1v) is 11.9. The molecule has 0 saturated heterocycles. The molecule has 37 heavy (non-hydrogen) atoms. The van der Waals surface area contributed by atoms with Crippen LogP contribution in [0.4, 0.5) is 4.39 Å². The molecule has 3 heterocycles. The molecule has 3 aromatic heterocycles. The number of hydrogen-bond acceptors (Lipinski definition) is 9. The van der Waals surface area contributed by atoms with Gasteiger partial charge in [0.25, 0.3) is 5.91 Å². The van der Waals surface area contributed by atoms with Crippen LogP contribution in [0.5, 0.6) is 0 Å². The molecule has 0 bridgehead atoms. The molecule has 1 aromatic carbocycles. The van der Waals surface area contributed by atoms with Crippen molar-refractivity contribution in [2.45, 2.75) is 52.2 Å². The zero-order chi connectivity index (χ0) is 27.4. The van der Waals surface area contributed by atoms with Gasteiger partial charge in [0.2, 0.25) is 0 Å². The highest BCUT2D eigenvalue weighted by Gasteiger charge is 2.38. The lowest BCUT2D eigenvalue weighted by Gasteiger charge is -2.30. The van der Waals surface area contributed by atoms with Gasteiger partial charge in [0, 0.05) is 19.5 Å². The Balaban J connectivity index is 0.00000186. The van der Waals surface area contributed by atoms with Crippen LogP contribution in [-0.2, 0) is 17.3 Å². The summed E-state index contributed by atoms with van der Waals surface area (Å²) in [6.07, 6.45) is 3.86. The first-order valence-electron chi connectivity index (χ1n) is 11.5. The summed E-state index contributed by atoms with van der Waals surface area (Å²) < 4.78 is 26.7. The number of hydrogen-bond donors (Lipinski definition) is 3. The van der Waals surface area contributed by atoms with Gasteiger partial charge in [-0.1, -0.05) is 36.7 Å². The molecule has 0 saturated carbocycles. The summed E-state index contributed by atoms with van der Waals surface area (Å²) in [4.78, 5) is 8.53. The Morgan fingerprint density at radius 3 is 2.35 bits per heavy atom. The van der Waals surface area contributed by atoms with Gasteiger partial charge in [0.1, 0.15) is 11.5 Å². The van der Waals surface area contributed by atoms with Crippen molar-refractivity contribution in [1.82, 2.24) is 24.9 Å². The third kappa shape index (κ3) is 6.03. The van der Waals surface area contributed by atoms with Crippen LogP contribution < -0.4 is 0 Å². The molecule has 0 aliphatic carbocycles. The summed E-state index contributed by atoms with van der Waals surface area (Å²) in [5, 5.41) is 39.9. The van der Waals surface area contributed by atoms with Gasteiger partial charge in [-0.25, -0.2) is 19.0 Å². The number of ether oxygens (including phenoxy) is 1. The van der Waals surface area contributed by atoms with E-state index in [0.29, 0.717) is 0 Å². The minimum absolute atomic E-state index is 0.00648. The number of aromatic nitrogens is 5. The normalized spacial score (nSPS) is 11.8. The van der Waals surface area contributed by atoms with E-state index in [-0.39, 0.29) is 51.3 Å². The second kappa shape index (κ2) is 11.4. The van der Waals surface area contributed by atoms with E-state index in [9.17, 15) is 19.7 Å². The topological polar surface area (TPSA) is 140 Å². The van der Waals surface area contributed by atoms with E-state index in [1.807, 2.05) is 13.8 Å². The van der Waals surface area contributed by atoms with Gasteiger partial charge in [-0.15, -0.1) is 0 Å². The highest BCUT2D eigenvalue weighted by Crippen LogP contribution is 2.43. The summed E-state index contributed by atoms with van der Waals surface area (Å²) >= 11 is 6.30. The molecule has 0 spiro atoms. The van der Waals surface area contributed by atoms with Gasteiger partial charge in [0.15, 0.2) is 11.6 Å². The van der Waals surface area contributed by atoms with Crippen molar-refractivity contribution in [3.8, 4) is 34.0 Å². The van der Waals surface area contributed by atoms with Gasteiger partial charge in [0.05, 0.1) is 52.2 Å². The maximum Gasteiger partial charge on any atom is 0.268 e. The van der Waals surface area contributed by atoms with E-state index in [1.165, 1.54) is 57.7 Å². The molecule has 198 valence electrons. The lowest BCUT2D eigenvalue weighted by atomic mass is 10.0. The molecule has 0 fully saturated rings. The molecule has 0 unspecified atom stereocenters. The van der Waals surface area contributed by atoms with Gasteiger partial charge >= 0.3 is 0 Å². The molecule has 3 N–H and O–H groups in total. The molecular weight excluding hydrogens is 505 g/mol. The van der Waals surface area contributed by atoms with Crippen molar-refractivity contribution in [2.75, 3.05) is 7.11 Å². The van der Waals surface area contributed by atoms with Gasteiger partial charge in [-0.2, -0.15) is 5.10 Å². The number of benzene rings is 1. The Hall–Kier alpha value is -3.22. The maximum absolute atomic E-state index is 14.8. The Labute approximate surface area is 218 Å². The number of rotatable bonds is 8. The summed E-state index contributed by atoms with van der Waals surface area (Å²) in [6.45, 7) is 6.75. The van der Waals surface area contributed by atoms with Crippen LogP contribution in [0.25, 0.3) is 34.0 Å². The second-order valence-corrected chi connectivity index (χ2v) is 8.92. The van der Waals surface area contributed by atoms with E-state index in [1.54, 1.807) is 6.07 Å². The Kier molecular flexibility index (Phi) is 8.77. The van der Waals surface area contributed by atoms with Crippen molar-refractivity contribution < 1.29 is 29.0 Å². The largest absolute Gasteiger partial charge is 0.390 e.